The number of carboxylic acids is 1. The molecule has 5 nitrogen and oxygen atoms in total. The fraction of sp³-hybridized carbons (Fsp3) is 0.267. The van der Waals surface area contributed by atoms with Gasteiger partial charge in [0.25, 0.3) is 0 Å². The van der Waals surface area contributed by atoms with Gasteiger partial charge in [0, 0.05) is 30.3 Å². The molecule has 1 heterocycles. The second-order valence-electron chi connectivity index (χ2n) is 4.50. The Morgan fingerprint density at radius 1 is 1.19 bits per heavy atom. The Morgan fingerprint density at radius 3 is 2.67 bits per heavy atom. The molecular formula is C15H16N2O3S. The largest absolute Gasteiger partial charge is 0.481 e. The lowest BCUT2D eigenvalue weighted by atomic mass is 10.2. The van der Waals surface area contributed by atoms with Crippen LogP contribution in [0.4, 0.5) is 0 Å². The standard InChI is InChI=1S/C15H16N2O3S/c18-13(6-7-14(19)20)16-9-8-12-10-21-15(17-12)11-4-2-1-3-5-11/h1-5,10H,6-9H2,(H,16,18)(H,19,20). The second kappa shape index (κ2) is 7.54. The number of amides is 1. The van der Waals surface area contributed by atoms with Crippen molar-refractivity contribution in [2.24, 2.45) is 0 Å². The van der Waals surface area contributed by atoms with E-state index in [-0.39, 0.29) is 18.7 Å². The average Bonchev–Trinajstić information content (AvgIpc) is 2.95. The van der Waals surface area contributed by atoms with Crippen LogP contribution in [0.5, 0.6) is 0 Å². The Labute approximate surface area is 126 Å². The van der Waals surface area contributed by atoms with Gasteiger partial charge in [-0.05, 0) is 0 Å². The van der Waals surface area contributed by atoms with E-state index in [0.29, 0.717) is 13.0 Å². The third kappa shape index (κ3) is 5.00. The van der Waals surface area contributed by atoms with Crippen LogP contribution < -0.4 is 5.32 Å². The lowest BCUT2D eigenvalue weighted by molar-refractivity contribution is -0.138. The zero-order chi connectivity index (χ0) is 15.1. The highest BCUT2D eigenvalue weighted by molar-refractivity contribution is 7.13. The predicted molar refractivity (Wildman–Crippen MR) is 81.1 cm³/mol. The summed E-state index contributed by atoms with van der Waals surface area (Å²) in [4.78, 5) is 26.2. The van der Waals surface area contributed by atoms with Gasteiger partial charge in [0.2, 0.25) is 5.91 Å². The number of carbonyl (C=O) groups is 2. The highest BCUT2D eigenvalue weighted by atomic mass is 32.1. The molecule has 0 atom stereocenters. The molecule has 1 amide bonds. The smallest absolute Gasteiger partial charge is 0.303 e. The number of carbonyl (C=O) groups excluding carboxylic acids is 1. The maximum Gasteiger partial charge on any atom is 0.303 e. The number of nitrogens with zero attached hydrogens (tertiary/aromatic N) is 1. The van der Waals surface area contributed by atoms with Crippen molar-refractivity contribution >= 4 is 23.2 Å². The van der Waals surface area contributed by atoms with Gasteiger partial charge >= 0.3 is 5.97 Å². The number of hydrogen-bond acceptors (Lipinski definition) is 4. The Bertz CT molecular complexity index is 610. The van der Waals surface area contributed by atoms with Crippen molar-refractivity contribution in [2.75, 3.05) is 6.54 Å². The minimum Gasteiger partial charge on any atom is -0.481 e. The second-order valence-corrected chi connectivity index (χ2v) is 5.36. The van der Waals surface area contributed by atoms with Crippen molar-refractivity contribution in [3.8, 4) is 10.6 Å². The van der Waals surface area contributed by atoms with E-state index >= 15 is 0 Å². The number of benzene rings is 1. The van der Waals surface area contributed by atoms with Crippen LogP contribution in [0, 0.1) is 0 Å². The first kappa shape index (κ1) is 15.2. The van der Waals surface area contributed by atoms with Gasteiger partial charge in [-0.3, -0.25) is 9.59 Å². The predicted octanol–water partition coefficient (Wildman–Crippen LogP) is 2.33. The highest BCUT2D eigenvalue weighted by Crippen LogP contribution is 2.23. The topological polar surface area (TPSA) is 79.3 Å². The fourth-order valence-electron chi connectivity index (χ4n) is 1.77. The van der Waals surface area contributed by atoms with Crippen molar-refractivity contribution in [3.63, 3.8) is 0 Å². The molecular weight excluding hydrogens is 288 g/mol. The van der Waals surface area contributed by atoms with Gasteiger partial charge in [0.05, 0.1) is 12.1 Å². The summed E-state index contributed by atoms with van der Waals surface area (Å²) in [6.45, 7) is 0.469. The molecule has 110 valence electrons. The summed E-state index contributed by atoms with van der Waals surface area (Å²) < 4.78 is 0. The van der Waals surface area contributed by atoms with Crippen LogP contribution in [0.25, 0.3) is 10.6 Å². The number of nitrogens with one attached hydrogen (secondary N) is 1. The number of thiazole rings is 1. The third-order valence-electron chi connectivity index (χ3n) is 2.84. The monoisotopic (exact) mass is 304 g/mol. The lowest BCUT2D eigenvalue weighted by Gasteiger charge is -2.02. The molecule has 0 aliphatic carbocycles. The van der Waals surface area contributed by atoms with Crippen LogP contribution in [0.3, 0.4) is 0 Å². The van der Waals surface area contributed by atoms with E-state index in [4.69, 9.17) is 5.11 Å². The van der Waals surface area contributed by atoms with Gasteiger partial charge in [-0.1, -0.05) is 30.3 Å². The van der Waals surface area contributed by atoms with E-state index in [1.807, 2.05) is 35.7 Å². The molecule has 0 aliphatic heterocycles. The van der Waals surface area contributed by atoms with Crippen molar-refractivity contribution in [2.45, 2.75) is 19.3 Å². The van der Waals surface area contributed by atoms with E-state index in [9.17, 15) is 9.59 Å². The normalized spacial score (nSPS) is 10.3. The Balaban J connectivity index is 1.78. The van der Waals surface area contributed by atoms with Gasteiger partial charge in [-0.15, -0.1) is 11.3 Å². The molecule has 2 rings (SSSR count). The molecule has 0 radical (unpaired) electrons. The van der Waals surface area contributed by atoms with Gasteiger partial charge in [0.1, 0.15) is 5.01 Å². The maximum absolute atomic E-state index is 11.4. The number of carboxylic acid groups (broad SMARTS) is 1. The van der Waals surface area contributed by atoms with Crippen LogP contribution in [0.1, 0.15) is 18.5 Å². The summed E-state index contributed by atoms with van der Waals surface area (Å²) in [6, 6.07) is 9.93. The summed E-state index contributed by atoms with van der Waals surface area (Å²) >= 11 is 1.57. The first-order valence-electron chi connectivity index (χ1n) is 6.63. The molecule has 1 aromatic carbocycles. The van der Waals surface area contributed by atoms with Crippen LogP contribution in [-0.4, -0.2) is 28.5 Å². The molecule has 2 aromatic rings. The Hall–Kier alpha value is -2.21. The quantitative estimate of drug-likeness (QED) is 0.823. The molecule has 21 heavy (non-hydrogen) atoms. The van der Waals surface area contributed by atoms with E-state index in [1.54, 1.807) is 11.3 Å². The van der Waals surface area contributed by atoms with Crippen LogP contribution in [0.15, 0.2) is 35.7 Å². The minimum absolute atomic E-state index is 0.0155. The Kier molecular flexibility index (Phi) is 5.45. The van der Waals surface area contributed by atoms with Crippen molar-refractivity contribution in [1.29, 1.82) is 0 Å². The molecule has 0 saturated heterocycles. The molecule has 0 spiro atoms. The van der Waals surface area contributed by atoms with Crippen LogP contribution >= 0.6 is 11.3 Å². The van der Waals surface area contributed by atoms with E-state index in [0.717, 1.165) is 16.3 Å². The fourth-order valence-corrected chi connectivity index (χ4v) is 2.63. The molecule has 0 unspecified atom stereocenters. The van der Waals surface area contributed by atoms with Crippen LogP contribution in [-0.2, 0) is 16.0 Å². The summed E-state index contributed by atoms with van der Waals surface area (Å²) in [7, 11) is 0. The minimum atomic E-state index is -0.961. The number of rotatable bonds is 7. The zero-order valence-electron chi connectivity index (χ0n) is 11.4. The van der Waals surface area contributed by atoms with E-state index in [2.05, 4.69) is 10.3 Å². The van der Waals surface area contributed by atoms with E-state index in [1.165, 1.54) is 0 Å². The summed E-state index contributed by atoms with van der Waals surface area (Å²) in [5.41, 5.74) is 2.01. The number of aliphatic carboxylic acids is 1. The molecule has 0 saturated carbocycles. The molecule has 0 aliphatic rings. The first-order valence-corrected chi connectivity index (χ1v) is 7.51. The van der Waals surface area contributed by atoms with Crippen LogP contribution in [0.2, 0.25) is 0 Å². The zero-order valence-corrected chi connectivity index (χ0v) is 12.2. The first-order chi connectivity index (χ1) is 10.1. The molecule has 0 fully saturated rings. The molecule has 0 bridgehead atoms. The molecule has 1 aromatic heterocycles. The maximum atomic E-state index is 11.4. The lowest BCUT2D eigenvalue weighted by Crippen LogP contribution is -2.26. The van der Waals surface area contributed by atoms with Crippen molar-refractivity contribution in [1.82, 2.24) is 10.3 Å². The average molecular weight is 304 g/mol. The van der Waals surface area contributed by atoms with Crippen molar-refractivity contribution in [3.05, 3.63) is 41.4 Å². The van der Waals surface area contributed by atoms with E-state index < -0.39 is 5.97 Å². The number of aromatic nitrogens is 1. The molecule has 6 heteroatoms. The number of hydrogen-bond donors (Lipinski definition) is 2. The highest BCUT2D eigenvalue weighted by Gasteiger charge is 2.07. The molecule has 2 N–H and O–H groups in total. The third-order valence-corrected chi connectivity index (χ3v) is 3.78. The van der Waals surface area contributed by atoms with Gasteiger partial charge < -0.3 is 10.4 Å². The Morgan fingerprint density at radius 2 is 1.95 bits per heavy atom. The van der Waals surface area contributed by atoms with Crippen molar-refractivity contribution < 1.29 is 14.7 Å². The SMILES string of the molecule is O=C(O)CCC(=O)NCCc1csc(-c2ccccc2)n1. The van der Waals surface area contributed by atoms with Gasteiger partial charge in [-0.25, -0.2) is 4.98 Å². The summed E-state index contributed by atoms with van der Waals surface area (Å²) in [6.07, 6.45) is 0.518. The summed E-state index contributed by atoms with van der Waals surface area (Å²) in [5.74, 6) is -1.20. The summed E-state index contributed by atoms with van der Waals surface area (Å²) in [5, 5.41) is 14.1. The van der Waals surface area contributed by atoms with Gasteiger partial charge in [0.15, 0.2) is 0 Å². The van der Waals surface area contributed by atoms with Gasteiger partial charge in [-0.2, -0.15) is 0 Å².